The van der Waals surface area contributed by atoms with Crippen molar-refractivity contribution in [3.05, 3.63) is 65.2 Å². The molecular weight excluding hydrogens is 408 g/mol. The molecule has 7 nitrogen and oxygen atoms in total. The maximum absolute atomic E-state index is 14.6. The molecule has 2 aliphatic heterocycles. The van der Waals surface area contributed by atoms with Crippen LogP contribution in [0.4, 0.5) is 19.3 Å². The topological polar surface area (TPSA) is 87.7 Å². The van der Waals surface area contributed by atoms with Crippen molar-refractivity contribution in [2.45, 2.75) is 31.4 Å². The number of carbonyl (C=O) groups excluding carboxylic acids is 3. The molecule has 3 amide bonds. The fourth-order valence-electron chi connectivity index (χ4n) is 3.74. The first kappa shape index (κ1) is 20.8. The van der Waals surface area contributed by atoms with Crippen LogP contribution >= 0.6 is 0 Å². The van der Waals surface area contributed by atoms with Gasteiger partial charge in [-0.1, -0.05) is 30.3 Å². The Morgan fingerprint density at radius 3 is 2.45 bits per heavy atom. The van der Waals surface area contributed by atoms with Gasteiger partial charge in [0.15, 0.2) is 0 Å². The Kier molecular flexibility index (Phi) is 5.83. The lowest BCUT2D eigenvalue weighted by Crippen LogP contribution is -2.54. The van der Waals surface area contributed by atoms with E-state index in [4.69, 9.17) is 4.74 Å². The molecule has 1 atom stereocenters. The van der Waals surface area contributed by atoms with Gasteiger partial charge in [0.1, 0.15) is 17.7 Å². The minimum atomic E-state index is -1.03. The fourth-order valence-corrected chi connectivity index (χ4v) is 3.74. The number of piperidine rings is 1. The van der Waals surface area contributed by atoms with Crippen molar-refractivity contribution >= 4 is 23.6 Å². The molecule has 4 rings (SSSR count). The third-order valence-corrected chi connectivity index (χ3v) is 5.42. The molecule has 2 heterocycles. The van der Waals surface area contributed by atoms with Crippen molar-refractivity contribution in [2.24, 2.45) is 0 Å². The molecule has 2 aromatic carbocycles. The second-order valence-electron chi connectivity index (χ2n) is 7.60. The minimum Gasteiger partial charge on any atom is -0.442 e. The van der Waals surface area contributed by atoms with E-state index in [1.54, 1.807) is 4.90 Å². The smallest absolute Gasteiger partial charge is 0.407 e. The number of halogens is 2. The van der Waals surface area contributed by atoms with Gasteiger partial charge in [-0.25, -0.2) is 13.6 Å². The highest BCUT2D eigenvalue weighted by molar-refractivity contribution is 6.01. The Balaban J connectivity index is 1.32. The van der Waals surface area contributed by atoms with Crippen LogP contribution < -0.4 is 15.5 Å². The first-order valence-corrected chi connectivity index (χ1v) is 9.96. The number of nitrogens with one attached hydrogen (secondary N) is 2. The van der Waals surface area contributed by atoms with Gasteiger partial charge in [0.25, 0.3) is 0 Å². The van der Waals surface area contributed by atoms with Crippen LogP contribution in [-0.2, 0) is 20.9 Å². The van der Waals surface area contributed by atoms with E-state index in [0.717, 1.165) is 17.7 Å². The highest BCUT2D eigenvalue weighted by Crippen LogP contribution is 2.33. The van der Waals surface area contributed by atoms with E-state index in [0.29, 0.717) is 25.3 Å². The molecule has 0 aliphatic carbocycles. The van der Waals surface area contributed by atoms with E-state index in [-0.39, 0.29) is 18.4 Å². The third-order valence-electron chi connectivity index (χ3n) is 5.42. The quantitative estimate of drug-likeness (QED) is 0.714. The van der Waals surface area contributed by atoms with E-state index >= 15 is 0 Å². The summed E-state index contributed by atoms with van der Waals surface area (Å²) in [5.41, 5.74) is 0.912. The highest BCUT2D eigenvalue weighted by atomic mass is 19.1. The Hall–Kier alpha value is -3.49. The number of rotatable bonds is 5. The molecule has 9 heteroatoms. The number of benzene rings is 2. The number of hydrogen-bond donors (Lipinski definition) is 2. The molecular formula is C22H21F2N3O4. The second kappa shape index (κ2) is 8.71. The van der Waals surface area contributed by atoms with Crippen molar-refractivity contribution in [3.63, 3.8) is 0 Å². The normalized spacial score (nSPS) is 18.9. The minimum absolute atomic E-state index is 0.0362. The standard InChI is InChI=1S/C22H21F2N3O4/c23-17-8-14(9-18(24)20(17)16-6-7-19(28)26-21(16)29)27-11-15(12-27)31-22(30)25-10-13-4-2-1-3-5-13/h1-5,8-9,15-16H,6-7,10-12H2,(H,25,30)(H,26,28,29). The number of carbonyl (C=O) groups is 3. The molecule has 0 spiro atoms. The van der Waals surface area contributed by atoms with Gasteiger partial charge in [-0.15, -0.1) is 0 Å². The summed E-state index contributed by atoms with van der Waals surface area (Å²) in [4.78, 5) is 36.8. The molecule has 31 heavy (non-hydrogen) atoms. The number of amides is 3. The number of anilines is 1. The summed E-state index contributed by atoms with van der Waals surface area (Å²) < 4.78 is 34.6. The van der Waals surface area contributed by atoms with Gasteiger partial charge in [0, 0.05) is 24.2 Å². The number of nitrogens with zero attached hydrogens (tertiary/aromatic N) is 1. The number of hydrogen-bond acceptors (Lipinski definition) is 5. The maximum atomic E-state index is 14.6. The molecule has 2 N–H and O–H groups in total. The average molecular weight is 429 g/mol. The molecule has 0 aromatic heterocycles. The molecule has 1 unspecified atom stereocenters. The Labute approximate surface area is 177 Å². The lowest BCUT2D eigenvalue weighted by molar-refractivity contribution is -0.134. The molecule has 162 valence electrons. The fraction of sp³-hybridized carbons (Fsp3) is 0.318. The summed E-state index contributed by atoms with van der Waals surface area (Å²) in [6.07, 6.45) is -0.847. The lowest BCUT2D eigenvalue weighted by Gasteiger charge is -2.40. The van der Waals surface area contributed by atoms with Gasteiger partial charge in [0.2, 0.25) is 11.8 Å². The number of imide groups is 1. The molecule has 0 radical (unpaired) electrons. The zero-order valence-electron chi connectivity index (χ0n) is 16.6. The Bertz CT molecular complexity index is 986. The van der Waals surface area contributed by atoms with Gasteiger partial charge in [-0.3, -0.25) is 14.9 Å². The number of ether oxygens (including phenoxy) is 1. The molecule has 2 fully saturated rings. The maximum Gasteiger partial charge on any atom is 0.407 e. The summed E-state index contributed by atoms with van der Waals surface area (Å²) in [7, 11) is 0. The molecule has 0 bridgehead atoms. The highest BCUT2D eigenvalue weighted by Gasteiger charge is 2.35. The molecule has 0 saturated carbocycles. The van der Waals surface area contributed by atoms with Crippen LogP contribution in [0.3, 0.4) is 0 Å². The zero-order chi connectivity index (χ0) is 22.0. The van der Waals surface area contributed by atoms with E-state index in [9.17, 15) is 23.2 Å². The monoisotopic (exact) mass is 429 g/mol. The van der Waals surface area contributed by atoms with Crippen molar-refractivity contribution in [1.82, 2.24) is 10.6 Å². The largest absolute Gasteiger partial charge is 0.442 e. The van der Waals surface area contributed by atoms with Crippen LogP contribution in [0.1, 0.15) is 29.9 Å². The van der Waals surface area contributed by atoms with E-state index < -0.39 is 41.6 Å². The zero-order valence-corrected chi connectivity index (χ0v) is 16.6. The Morgan fingerprint density at radius 1 is 1.13 bits per heavy atom. The van der Waals surface area contributed by atoms with Gasteiger partial charge < -0.3 is 15.0 Å². The predicted molar refractivity (Wildman–Crippen MR) is 107 cm³/mol. The van der Waals surface area contributed by atoms with E-state index in [2.05, 4.69) is 10.6 Å². The van der Waals surface area contributed by atoms with Crippen molar-refractivity contribution in [3.8, 4) is 0 Å². The molecule has 2 saturated heterocycles. The molecule has 2 aliphatic rings. The first-order chi connectivity index (χ1) is 14.9. The van der Waals surface area contributed by atoms with Crippen LogP contribution in [0.5, 0.6) is 0 Å². The van der Waals surface area contributed by atoms with Crippen LogP contribution in [0, 0.1) is 11.6 Å². The Morgan fingerprint density at radius 2 is 1.81 bits per heavy atom. The summed E-state index contributed by atoms with van der Waals surface area (Å²) in [5.74, 6) is -3.85. The average Bonchev–Trinajstić information content (AvgIpc) is 2.70. The van der Waals surface area contributed by atoms with Gasteiger partial charge in [-0.2, -0.15) is 0 Å². The third kappa shape index (κ3) is 4.65. The predicted octanol–water partition coefficient (Wildman–Crippen LogP) is 2.60. The summed E-state index contributed by atoms with van der Waals surface area (Å²) in [5, 5.41) is 4.77. The van der Waals surface area contributed by atoms with E-state index in [1.807, 2.05) is 30.3 Å². The number of alkyl carbamates (subject to hydrolysis) is 1. The van der Waals surface area contributed by atoms with E-state index in [1.165, 1.54) is 0 Å². The lowest BCUT2D eigenvalue weighted by atomic mass is 9.89. The SMILES string of the molecule is O=C1CCC(c2c(F)cc(N3CC(OC(=O)NCc4ccccc4)C3)cc2F)C(=O)N1. The second-order valence-corrected chi connectivity index (χ2v) is 7.60. The van der Waals surface area contributed by atoms with Gasteiger partial charge >= 0.3 is 6.09 Å². The van der Waals surface area contributed by atoms with Gasteiger partial charge in [0.05, 0.1) is 19.0 Å². The van der Waals surface area contributed by atoms with Crippen molar-refractivity contribution < 1.29 is 27.9 Å². The molecule has 2 aromatic rings. The van der Waals surface area contributed by atoms with Gasteiger partial charge in [-0.05, 0) is 24.1 Å². The van der Waals surface area contributed by atoms with Crippen LogP contribution in [0.15, 0.2) is 42.5 Å². The van der Waals surface area contributed by atoms with Crippen LogP contribution in [-0.4, -0.2) is 37.1 Å². The van der Waals surface area contributed by atoms with Crippen LogP contribution in [0.2, 0.25) is 0 Å². The summed E-state index contributed by atoms with van der Waals surface area (Å²) in [6, 6.07) is 11.7. The van der Waals surface area contributed by atoms with Crippen molar-refractivity contribution in [2.75, 3.05) is 18.0 Å². The van der Waals surface area contributed by atoms with Crippen molar-refractivity contribution in [1.29, 1.82) is 0 Å². The summed E-state index contributed by atoms with van der Waals surface area (Å²) in [6.45, 7) is 0.944. The summed E-state index contributed by atoms with van der Waals surface area (Å²) >= 11 is 0. The van der Waals surface area contributed by atoms with Crippen LogP contribution in [0.25, 0.3) is 0 Å². The first-order valence-electron chi connectivity index (χ1n) is 9.96.